The summed E-state index contributed by atoms with van der Waals surface area (Å²) in [5.41, 5.74) is 5.46. The van der Waals surface area contributed by atoms with E-state index in [2.05, 4.69) is 18.7 Å². The second kappa shape index (κ2) is 7.74. The molecule has 106 valence electrons. The number of rotatable bonds is 6. The van der Waals surface area contributed by atoms with Crippen LogP contribution in [0.25, 0.3) is 0 Å². The van der Waals surface area contributed by atoms with Gasteiger partial charge in [0.25, 0.3) is 0 Å². The van der Waals surface area contributed by atoms with E-state index in [0.717, 1.165) is 32.0 Å². The zero-order valence-electron chi connectivity index (χ0n) is 12.2. The van der Waals surface area contributed by atoms with Crippen molar-refractivity contribution in [3.05, 3.63) is 0 Å². The molecule has 0 aromatic rings. The van der Waals surface area contributed by atoms with Gasteiger partial charge in [0.2, 0.25) is 5.91 Å². The van der Waals surface area contributed by atoms with Crippen LogP contribution in [-0.2, 0) is 4.79 Å². The van der Waals surface area contributed by atoms with Gasteiger partial charge in [-0.3, -0.25) is 9.69 Å². The summed E-state index contributed by atoms with van der Waals surface area (Å²) >= 11 is 0. The Hall–Kier alpha value is -0.610. The Morgan fingerprint density at radius 1 is 1.39 bits per heavy atom. The minimum atomic E-state index is 0.244. The van der Waals surface area contributed by atoms with Gasteiger partial charge in [0.15, 0.2) is 0 Å². The van der Waals surface area contributed by atoms with Crippen LogP contribution < -0.4 is 5.73 Å². The molecule has 4 heteroatoms. The summed E-state index contributed by atoms with van der Waals surface area (Å²) in [6, 6.07) is 0.628. The van der Waals surface area contributed by atoms with Crippen molar-refractivity contribution < 1.29 is 4.79 Å². The lowest BCUT2D eigenvalue weighted by molar-refractivity contribution is -0.130. The van der Waals surface area contributed by atoms with Crippen molar-refractivity contribution >= 4 is 5.91 Å². The number of nitrogens with two attached hydrogens (primary N) is 1. The summed E-state index contributed by atoms with van der Waals surface area (Å²) in [7, 11) is 1.88. The molecule has 1 rings (SSSR count). The molecule has 2 unspecified atom stereocenters. The minimum absolute atomic E-state index is 0.244. The molecule has 1 aliphatic heterocycles. The summed E-state index contributed by atoms with van der Waals surface area (Å²) < 4.78 is 0. The smallest absolute Gasteiger partial charge is 0.223 e. The molecule has 1 amide bonds. The highest BCUT2D eigenvalue weighted by molar-refractivity contribution is 5.76. The average Bonchev–Trinajstić information content (AvgIpc) is 2.36. The van der Waals surface area contributed by atoms with Crippen molar-refractivity contribution in [3.8, 4) is 0 Å². The maximum absolute atomic E-state index is 11.9. The second-order valence-corrected chi connectivity index (χ2v) is 5.73. The van der Waals surface area contributed by atoms with E-state index in [-0.39, 0.29) is 5.91 Å². The van der Waals surface area contributed by atoms with Gasteiger partial charge >= 0.3 is 0 Å². The van der Waals surface area contributed by atoms with E-state index >= 15 is 0 Å². The van der Waals surface area contributed by atoms with Gasteiger partial charge in [-0.05, 0) is 38.6 Å². The number of piperidine rings is 1. The Morgan fingerprint density at radius 2 is 2.11 bits per heavy atom. The van der Waals surface area contributed by atoms with Gasteiger partial charge in [0.05, 0.1) is 0 Å². The summed E-state index contributed by atoms with van der Waals surface area (Å²) in [5.74, 6) is 1.01. The number of carbonyl (C=O) groups is 1. The number of hydrogen-bond acceptors (Lipinski definition) is 3. The summed E-state index contributed by atoms with van der Waals surface area (Å²) in [6.45, 7) is 8.04. The molecule has 1 aliphatic rings. The quantitative estimate of drug-likeness (QED) is 0.778. The molecule has 0 radical (unpaired) electrons. The molecule has 0 spiro atoms. The number of hydrogen-bond donors (Lipinski definition) is 1. The molecule has 0 aliphatic carbocycles. The number of amides is 1. The fraction of sp³-hybridized carbons (Fsp3) is 0.929. The van der Waals surface area contributed by atoms with Crippen molar-refractivity contribution in [2.45, 2.75) is 45.6 Å². The fourth-order valence-electron chi connectivity index (χ4n) is 2.57. The van der Waals surface area contributed by atoms with Gasteiger partial charge in [0, 0.05) is 39.1 Å². The van der Waals surface area contributed by atoms with Crippen LogP contribution in [0.1, 0.15) is 39.5 Å². The van der Waals surface area contributed by atoms with Gasteiger partial charge in [-0.25, -0.2) is 0 Å². The molecule has 1 saturated heterocycles. The lowest BCUT2D eigenvalue weighted by atomic mass is 9.95. The van der Waals surface area contributed by atoms with E-state index in [1.165, 1.54) is 12.8 Å². The number of nitrogens with zero attached hydrogens (tertiary/aromatic N) is 2. The summed E-state index contributed by atoms with van der Waals surface area (Å²) in [5, 5.41) is 0. The molecule has 1 fully saturated rings. The third-order valence-electron chi connectivity index (χ3n) is 3.98. The van der Waals surface area contributed by atoms with Gasteiger partial charge in [-0.1, -0.05) is 6.92 Å². The van der Waals surface area contributed by atoms with E-state index in [1.54, 1.807) is 0 Å². The van der Waals surface area contributed by atoms with Crippen LogP contribution in [0.4, 0.5) is 0 Å². The highest BCUT2D eigenvalue weighted by Gasteiger charge is 2.23. The first-order valence-electron chi connectivity index (χ1n) is 7.22. The van der Waals surface area contributed by atoms with Crippen molar-refractivity contribution in [2.24, 2.45) is 11.7 Å². The van der Waals surface area contributed by atoms with E-state index < -0.39 is 0 Å². The fourth-order valence-corrected chi connectivity index (χ4v) is 2.57. The van der Waals surface area contributed by atoms with Crippen LogP contribution >= 0.6 is 0 Å². The van der Waals surface area contributed by atoms with Crippen LogP contribution in [0.2, 0.25) is 0 Å². The average molecular weight is 255 g/mol. The SMILES string of the molecule is CC1CCC(C)N(CCC(=O)N(C)CCCN)C1. The molecule has 2 atom stereocenters. The molecule has 4 nitrogen and oxygen atoms in total. The van der Waals surface area contributed by atoms with Gasteiger partial charge < -0.3 is 10.6 Å². The third kappa shape index (κ3) is 4.94. The van der Waals surface area contributed by atoms with Crippen molar-refractivity contribution in [3.63, 3.8) is 0 Å². The van der Waals surface area contributed by atoms with E-state index in [9.17, 15) is 4.79 Å². The van der Waals surface area contributed by atoms with Gasteiger partial charge in [-0.2, -0.15) is 0 Å². The lowest BCUT2D eigenvalue weighted by Crippen LogP contribution is -2.43. The Morgan fingerprint density at radius 3 is 2.78 bits per heavy atom. The number of carbonyl (C=O) groups excluding carboxylic acids is 1. The maximum Gasteiger partial charge on any atom is 0.223 e. The minimum Gasteiger partial charge on any atom is -0.346 e. The highest BCUT2D eigenvalue weighted by atomic mass is 16.2. The molecule has 2 N–H and O–H groups in total. The first kappa shape index (κ1) is 15.4. The highest BCUT2D eigenvalue weighted by Crippen LogP contribution is 2.21. The predicted molar refractivity (Wildman–Crippen MR) is 75.4 cm³/mol. The second-order valence-electron chi connectivity index (χ2n) is 5.73. The molecule has 0 aromatic heterocycles. The van der Waals surface area contributed by atoms with Crippen molar-refractivity contribution in [2.75, 3.05) is 33.2 Å². The van der Waals surface area contributed by atoms with E-state index in [0.29, 0.717) is 19.0 Å². The van der Waals surface area contributed by atoms with E-state index in [4.69, 9.17) is 5.73 Å². The van der Waals surface area contributed by atoms with Crippen molar-refractivity contribution in [1.29, 1.82) is 0 Å². The Labute approximate surface area is 111 Å². The Balaban J connectivity index is 2.28. The molecule has 18 heavy (non-hydrogen) atoms. The lowest BCUT2D eigenvalue weighted by Gasteiger charge is -2.36. The molecular weight excluding hydrogens is 226 g/mol. The predicted octanol–water partition coefficient (Wildman–Crippen LogP) is 1.30. The zero-order valence-corrected chi connectivity index (χ0v) is 12.2. The monoisotopic (exact) mass is 255 g/mol. The van der Waals surface area contributed by atoms with E-state index in [1.807, 2.05) is 11.9 Å². The topological polar surface area (TPSA) is 49.6 Å². The number of likely N-dealkylation sites (tertiary alicyclic amines) is 1. The first-order chi connectivity index (χ1) is 8.54. The van der Waals surface area contributed by atoms with Gasteiger partial charge in [-0.15, -0.1) is 0 Å². The first-order valence-corrected chi connectivity index (χ1v) is 7.22. The molecular formula is C14H29N3O. The summed E-state index contributed by atoms with van der Waals surface area (Å²) in [6.07, 6.45) is 4.11. The largest absolute Gasteiger partial charge is 0.346 e. The Kier molecular flexibility index (Phi) is 6.65. The van der Waals surface area contributed by atoms with Crippen LogP contribution in [0.3, 0.4) is 0 Å². The standard InChI is InChI=1S/C14H29N3O/c1-12-5-6-13(2)17(11-12)10-7-14(18)16(3)9-4-8-15/h12-13H,4-11,15H2,1-3H3. The van der Waals surface area contributed by atoms with Crippen molar-refractivity contribution in [1.82, 2.24) is 9.80 Å². The third-order valence-corrected chi connectivity index (χ3v) is 3.98. The molecule has 0 bridgehead atoms. The van der Waals surface area contributed by atoms with Crippen LogP contribution in [0.5, 0.6) is 0 Å². The van der Waals surface area contributed by atoms with Crippen LogP contribution in [-0.4, -0.2) is 55.0 Å². The molecule has 0 aromatic carbocycles. The van der Waals surface area contributed by atoms with Gasteiger partial charge in [0.1, 0.15) is 0 Å². The molecule has 1 heterocycles. The normalized spacial score (nSPS) is 25.1. The van der Waals surface area contributed by atoms with Crippen LogP contribution in [0, 0.1) is 5.92 Å². The van der Waals surface area contributed by atoms with Crippen LogP contribution in [0.15, 0.2) is 0 Å². The molecule has 0 saturated carbocycles. The maximum atomic E-state index is 11.9. The summed E-state index contributed by atoms with van der Waals surface area (Å²) in [4.78, 5) is 16.2. The zero-order chi connectivity index (χ0) is 13.5. The Bertz CT molecular complexity index is 257.